The van der Waals surface area contributed by atoms with Gasteiger partial charge in [-0.2, -0.15) is 0 Å². The van der Waals surface area contributed by atoms with Crippen molar-refractivity contribution in [2.75, 3.05) is 13.2 Å². The second kappa shape index (κ2) is 7.02. The molecule has 0 unspecified atom stereocenters. The third-order valence-corrected chi connectivity index (χ3v) is 3.61. The number of imide groups is 1. The van der Waals surface area contributed by atoms with Crippen LogP contribution in [0.4, 0.5) is 0 Å². The standard InChI is InChI=1S/C15H18ClNO4/c1-10-6-14(19)17(15(10)20)7-13(18)9-21-8-11-2-4-12(16)5-3-11/h2-5,10,13,18H,6-9H2,1H3/t10-,13+/m1/s1. The second-order valence-corrected chi connectivity index (χ2v) is 5.68. The van der Waals surface area contributed by atoms with Crippen molar-refractivity contribution in [3.05, 3.63) is 34.9 Å². The molecule has 1 N–H and O–H groups in total. The van der Waals surface area contributed by atoms with E-state index in [2.05, 4.69) is 0 Å². The first-order chi connectivity index (χ1) is 9.97. The summed E-state index contributed by atoms with van der Waals surface area (Å²) in [5.41, 5.74) is 0.938. The number of likely N-dealkylation sites (tertiary alicyclic amines) is 1. The zero-order valence-corrected chi connectivity index (χ0v) is 12.5. The van der Waals surface area contributed by atoms with E-state index in [1.807, 2.05) is 12.1 Å². The van der Waals surface area contributed by atoms with Gasteiger partial charge in [-0.1, -0.05) is 30.7 Å². The van der Waals surface area contributed by atoms with Gasteiger partial charge < -0.3 is 9.84 Å². The number of hydrogen-bond donors (Lipinski definition) is 1. The number of aliphatic hydroxyl groups excluding tert-OH is 1. The number of nitrogens with zero attached hydrogens (tertiary/aromatic N) is 1. The van der Waals surface area contributed by atoms with Crippen LogP contribution in [0.2, 0.25) is 5.02 Å². The Hall–Kier alpha value is -1.43. The van der Waals surface area contributed by atoms with E-state index in [-0.39, 0.29) is 37.3 Å². The molecule has 2 amide bonds. The van der Waals surface area contributed by atoms with Crippen LogP contribution in [0, 0.1) is 5.92 Å². The van der Waals surface area contributed by atoms with Crippen LogP contribution in [0.3, 0.4) is 0 Å². The molecule has 0 radical (unpaired) electrons. The minimum absolute atomic E-state index is 0.0113. The van der Waals surface area contributed by atoms with E-state index < -0.39 is 6.10 Å². The lowest BCUT2D eigenvalue weighted by Crippen LogP contribution is -2.39. The molecule has 5 nitrogen and oxygen atoms in total. The summed E-state index contributed by atoms with van der Waals surface area (Å²) in [6, 6.07) is 7.20. The average Bonchev–Trinajstić information content (AvgIpc) is 2.68. The van der Waals surface area contributed by atoms with Crippen molar-refractivity contribution >= 4 is 23.4 Å². The van der Waals surface area contributed by atoms with Gasteiger partial charge in [-0.05, 0) is 17.7 Å². The fraction of sp³-hybridized carbons (Fsp3) is 0.467. The van der Waals surface area contributed by atoms with Gasteiger partial charge in [-0.25, -0.2) is 0 Å². The maximum Gasteiger partial charge on any atom is 0.232 e. The van der Waals surface area contributed by atoms with Crippen LogP contribution in [0.5, 0.6) is 0 Å². The Labute approximate surface area is 128 Å². The molecule has 1 heterocycles. The molecular formula is C15H18ClNO4. The van der Waals surface area contributed by atoms with E-state index in [1.54, 1.807) is 19.1 Å². The van der Waals surface area contributed by atoms with Crippen molar-refractivity contribution in [2.24, 2.45) is 5.92 Å². The molecule has 1 aromatic carbocycles. The first-order valence-electron chi connectivity index (χ1n) is 6.82. The van der Waals surface area contributed by atoms with Gasteiger partial charge in [0.15, 0.2) is 0 Å². The Balaban J connectivity index is 1.75. The predicted molar refractivity (Wildman–Crippen MR) is 77.6 cm³/mol. The summed E-state index contributed by atoms with van der Waals surface area (Å²) in [7, 11) is 0. The number of carbonyl (C=O) groups is 2. The molecule has 21 heavy (non-hydrogen) atoms. The molecule has 1 saturated heterocycles. The molecule has 0 aliphatic carbocycles. The summed E-state index contributed by atoms with van der Waals surface area (Å²) in [4.78, 5) is 24.4. The van der Waals surface area contributed by atoms with E-state index in [4.69, 9.17) is 16.3 Å². The highest BCUT2D eigenvalue weighted by molar-refractivity contribution is 6.30. The highest BCUT2D eigenvalue weighted by atomic mass is 35.5. The van der Waals surface area contributed by atoms with Gasteiger partial charge in [0.25, 0.3) is 0 Å². The normalized spacial score (nSPS) is 20.1. The molecule has 114 valence electrons. The number of carbonyl (C=O) groups excluding carboxylic acids is 2. The van der Waals surface area contributed by atoms with Crippen molar-refractivity contribution in [3.63, 3.8) is 0 Å². The average molecular weight is 312 g/mol. The Kier molecular flexibility index (Phi) is 5.33. The molecule has 2 rings (SSSR count). The van der Waals surface area contributed by atoms with Crippen molar-refractivity contribution in [1.82, 2.24) is 4.90 Å². The summed E-state index contributed by atoms with van der Waals surface area (Å²) in [6.45, 7) is 2.10. The van der Waals surface area contributed by atoms with Gasteiger partial charge in [0, 0.05) is 17.4 Å². The minimum atomic E-state index is -0.879. The van der Waals surface area contributed by atoms with Crippen molar-refractivity contribution in [2.45, 2.75) is 26.1 Å². The van der Waals surface area contributed by atoms with Crippen LogP contribution in [0.15, 0.2) is 24.3 Å². The van der Waals surface area contributed by atoms with E-state index in [1.165, 1.54) is 0 Å². The molecule has 6 heteroatoms. The van der Waals surface area contributed by atoms with Gasteiger partial charge in [0.1, 0.15) is 0 Å². The SMILES string of the molecule is C[C@@H]1CC(=O)N(C[C@H](O)COCc2ccc(Cl)cc2)C1=O. The van der Waals surface area contributed by atoms with Crippen molar-refractivity contribution in [1.29, 1.82) is 0 Å². The molecule has 1 aliphatic heterocycles. The Morgan fingerprint density at radius 3 is 2.62 bits per heavy atom. The monoisotopic (exact) mass is 311 g/mol. The quantitative estimate of drug-likeness (QED) is 0.811. The van der Waals surface area contributed by atoms with Crippen LogP contribution in [0.25, 0.3) is 0 Å². The predicted octanol–water partition coefficient (Wildman–Crippen LogP) is 1.61. The zero-order valence-electron chi connectivity index (χ0n) is 11.8. The number of β-amino-alcohol motifs (C(OH)–C–C–N with tert-alkyl or cyclic N) is 1. The second-order valence-electron chi connectivity index (χ2n) is 5.24. The molecule has 1 aliphatic rings. The number of halogens is 1. The zero-order chi connectivity index (χ0) is 15.4. The molecule has 1 aromatic rings. The molecule has 0 aromatic heterocycles. The highest BCUT2D eigenvalue weighted by Gasteiger charge is 2.36. The number of hydrogen-bond acceptors (Lipinski definition) is 4. The molecule has 2 atom stereocenters. The van der Waals surface area contributed by atoms with Crippen LogP contribution in [0.1, 0.15) is 18.9 Å². The highest BCUT2D eigenvalue weighted by Crippen LogP contribution is 2.19. The van der Waals surface area contributed by atoms with Gasteiger partial charge >= 0.3 is 0 Å². The Morgan fingerprint density at radius 2 is 2.05 bits per heavy atom. The summed E-state index contributed by atoms with van der Waals surface area (Å²) < 4.78 is 5.39. The molecule has 1 fully saturated rings. The van der Waals surface area contributed by atoms with E-state index in [0.717, 1.165) is 10.5 Å². The molecular weight excluding hydrogens is 294 g/mol. The van der Waals surface area contributed by atoms with Crippen molar-refractivity contribution in [3.8, 4) is 0 Å². The van der Waals surface area contributed by atoms with Crippen LogP contribution >= 0.6 is 11.6 Å². The van der Waals surface area contributed by atoms with Crippen LogP contribution in [-0.4, -0.2) is 41.1 Å². The maximum absolute atomic E-state index is 11.7. The summed E-state index contributed by atoms with van der Waals surface area (Å²) in [5.74, 6) is -0.749. The van der Waals surface area contributed by atoms with Crippen molar-refractivity contribution < 1.29 is 19.4 Å². The Bertz CT molecular complexity index is 517. The van der Waals surface area contributed by atoms with E-state index >= 15 is 0 Å². The first kappa shape index (κ1) is 15.9. The lowest BCUT2D eigenvalue weighted by molar-refractivity contribution is -0.141. The number of amides is 2. The lowest BCUT2D eigenvalue weighted by atomic mass is 10.1. The topological polar surface area (TPSA) is 66.8 Å². The third-order valence-electron chi connectivity index (χ3n) is 3.36. The van der Waals surface area contributed by atoms with Gasteiger partial charge in [-0.3, -0.25) is 14.5 Å². The summed E-state index contributed by atoms with van der Waals surface area (Å²) in [5, 5.41) is 10.5. The molecule has 0 bridgehead atoms. The van der Waals surface area contributed by atoms with E-state index in [9.17, 15) is 14.7 Å². The van der Waals surface area contributed by atoms with Gasteiger partial charge in [0.2, 0.25) is 11.8 Å². The smallest absolute Gasteiger partial charge is 0.232 e. The van der Waals surface area contributed by atoms with Gasteiger partial charge in [0.05, 0.1) is 25.9 Å². The number of benzene rings is 1. The summed E-state index contributed by atoms with van der Waals surface area (Å²) in [6.07, 6.45) is -0.660. The number of ether oxygens (including phenoxy) is 1. The lowest BCUT2D eigenvalue weighted by Gasteiger charge is -2.18. The van der Waals surface area contributed by atoms with Gasteiger partial charge in [-0.15, -0.1) is 0 Å². The minimum Gasteiger partial charge on any atom is -0.389 e. The van der Waals surface area contributed by atoms with Crippen LogP contribution < -0.4 is 0 Å². The Morgan fingerprint density at radius 1 is 1.38 bits per heavy atom. The number of rotatable bonds is 6. The first-order valence-corrected chi connectivity index (χ1v) is 7.19. The van der Waals surface area contributed by atoms with Crippen LogP contribution in [-0.2, 0) is 20.9 Å². The largest absolute Gasteiger partial charge is 0.389 e. The van der Waals surface area contributed by atoms with E-state index in [0.29, 0.717) is 11.6 Å². The fourth-order valence-corrected chi connectivity index (χ4v) is 2.32. The molecule has 0 spiro atoms. The summed E-state index contributed by atoms with van der Waals surface area (Å²) >= 11 is 5.78. The fourth-order valence-electron chi connectivity index (χ4n) is 2.20. The maximum atomic E-state index is 11.7. The molecule has 0 saturated carbocycles. The third kappa shape index (κ3) is 4.27. The number of aliphatic hydroxyl groups is 1.